The molecular formula is C22H13BrF4NO. The van der Waals surface area contributed by atoms with E-state index in [-0.39, 0.29) is 21.8 Å². The van der Waals surface area contributed by atoms with E-state index >= 15 is 0 Å². The van der Waals surface area contributed by atoms with E-state index in [0.717, 1.165) is 28.1 Å². The summed E-state index contributed by atoms with van der Waals surface area (Å²) in [5, 5.41) is 0.819. The predicted molar refractivity (Wildman–Crippen MR) is 106 cm³/mol. The number of fused-ring (bicyclic) bond motifs is 1. The Bertz CT molecular complexity index is 1170. The molecule has 1 aromatic heterocycles. The molecule has 0 aliphatic carbocycles. The molecule has 0 amide bonds. The van der Waals surface area contributed by atoms with Crippen LogP contribution in [0.15, 0.2) is 65.3 Å². The van der Waals surface area contributed by atoms with Gasteiger partial charge in [-0.2, -0.15) is 13.2 Å². The molecule has 0 bridgehead atoms. The molecule has 1 heterocycles. The van der Waals surface area contributed by atoms with Crippen molar-refractivity contribution in [1.82, 2.24) is 4.98 Å². The van der Waals surface area contributed by atoms with Gasteiger partial charge in [0.1, 0.15) is 11.6 Å². The lowest BCUT2D eigenvalue weighted by molar-refractivity contribution is -0.138. The van der Waals surface area contributed by atoms with Gasteiger partial charge in [0.15, 0.2) is 5.75 Å². The highest BCUT2D eigenvalue weighted by Crippen LogP contribution is 2.42. The summed E-state index contributed by atoms with van der Waals surface area (Å²) in [4.78, 5) is 3.13. The summed E-state index contributed by atoms with van der Waals surface area (Å²) < 4.78 is 58.8. The Labute approximate surface area is 172 Å². The highest BCUT2D eigenvalue weighted by Gasteiger charge is 2.35. The molecule has 2 nitrogen and oxygen atoms in total. The Morgan fingerprint density at radius 3 is 2.52 bits per heavy atom. The van der Waals surface area contributed by atoms with Crippen LogP contribution in [0.5, 0.6) is 11.5 Å². The molecule has 0 fully saturated rings. The van der Waals surface area contributed by atoms with Gasteiger partial charge >= 0.3 is 6.18 Å². The van der Waals surface area contributed by atoms with Crippen LogP contribution in [0.1, 0.15) is 16.7 Å². The number of hydrogen-bond acceptors (Lipinski definition) is 1. The van der Waals surface area contributed by atoms with Crippen molar-refractivity contribution in [2.75, 3.05) is 0 Å². The molecule has 1 N–H and O–H groups in total. The Morgan fingerprint density at radius 1 is 1.03 bits per heavy atom. The van der Waals surface area contributed by atoms with Crippen LogP contribution in [0.2, 0.25) is 0 Å². The summed E-state index contributed by atoms with van der Waals surface area (Å²) in [6.45, 7) is 0. The molecule has 4 aromatic rings. The van der Waals surface area contributed by atoms with Crippen molar-refractivity contribution in [3.05, 3.63) is 93.8 Å². The van der Waals surface area contributed by atoms with Crippen LogP contribution in [0.4, 0.5) is 17.6 Å². The Balaban J connectivity index is 1.69. The normalized spacial score (nSPS) is 11.8. The first kappa shape index (κ1) is 19.5. The minimum Gasteiger partial charge on any atom is -0.456 e. The number of nitrogens with one attached hydrogen (secondary N) is 1. The lowest BCUT2D eigenvalue weighted by Crippen LogP contribution is -2.07. The minimum atomic E-state index is -4.57. The van der Waals surface area contributed by atoms with E-state index in [1.165, 1.54) is 18.2 Å². The van der Waals surface area contributed by atoms with Crippen LogP contribution in [0.25, 0.3) is 10.9 Å². The van der Waals surface area contributed by atoms with Crippen molar-refractivity contribution >= 4 is 26.8 Å². The molecule has 0 saturated carbocycles. The van der Waals surface area contributed by atoms with E-state index in [9.17, 15) is 17.6 Å². The van der Waals surface area contributed by atoms with Crippen molar-refractivity contribution in [2.24, 2.45) is 0 Å². The fourth-order valence-corrected chi connectivity index (χ4v) is 3.51. The highest BCUT2D eigenvalue weighted by atomic mass is 79.9. The van der Waals surface area contributed by atoms with E-state index in [1.54, 1.807) is 30.3 Å². The van der Waals surface area contributed by atoms with Crippen molar-refractivity contribution in [3.63, 3.8) is 0 Å². The van der Waals surface area contributed by atoms with Gasteiger partial charge in [0, 0.05) is 17.1 Å². The smallest absolute Gasteiger partial charge is 0.420 e. The molecule has 0 aliphatic heterocycles. The zero-order valence-corrected chi connectivity index (χ0v) is 16.4. The summed E-state index contributed by atoms with van der Waals surface area (Å²) in [5.74, 6) is -0.351. The molecular weight excluding hydrogens is 450 g/mol. The molecule has 0 aliphatic rings. The van der Waals surface area contributed by atoms with Crippen LogP contribution in [0.3, 0.4) is 0 Å². The molecule has 29 heavy (non-hydrogen) atoms. The molecule has 4 rings (SSSR count). The second kappa shape index (κ2) is 7.55. The SMILES string of the molecule is Fc1ccc(Cc2c[nH]c3ccc(Oc4c(Br)c[c]cc4C(F)(F)F)cc23)cc1. The maximum Gasteiger partial charge on any atom is 0.420 e. The number of ether oxygens (including phenoxy) is 1. The number of benzene rings is 3. The van der Waals surface area contributed by atoms with E-state index in [4.69, 9.17) is 4.74 Å². The van der Waals surface area contributed by atoms with E-state index in [0.29, 0.717) is 6.42 Å². The predicted octanol–water partition coefficient (Wildman–Crippen LogP) is 7.27. The van der Waals surface area contributed by atoms with Gasteiger partial charge in [-0.3, -0.25) is 0 Å². The summed E-state index contributed by atoms with van der Waals surface area (Å²) >= 11 is 3.11. The van der Waals surface area contributed by atoms with Gasteiger partial charge in [-0.15, -0.1) is 0 Å². The van der Waals surface area contributed by atoms with Crippen LogP contribution >= 0.6 is 15.9 Å². The molecule has 0 atom stereocenters. The first-order valence-electron chi connectivity index (χ1n) is 8.60. The lowest BCUT2D eigenvalue weighted by atomic mass is 10.0. The van der Waals surface area contributed by atoms with Crippen molar-refractivity contribution < 1.29 is 22.3 Å². The summed E-state index contributed by atoms with van der Waals surface area (Å²) in [6.07, 6.45) is -2.20. The van der Waals surface area contributed by atoms with Gasteiger partial charge in [-0.25, -0.2) is 4.39 Å². The van der Waals surface area contributed by atoms with E-state index < -0.39 is 11.7 Å². The second-order valence-electron chi connectivity index (χ2n) is 6.47. The third kappa shape index (κ3) is 4.15. The van der Waals surface area contributed by atoms with Gasteiger partial charge in [-0.1, -0.05) is 12.1 Å². The van der Waals surface area contributed by atoms with Crippen molar-refractivity contribution in [1.29, 1.82) is 0 Å². The number of rotatable bonds is 4. The molecule has 7 heteroatoms. The van der Waals surface area contributed by atoms with E-state index in [2.05, 4.69) is 27.0 Å². The number of alkyl halides is 3. The summed E-state index contributed by atoms with van der Waals surface area (Å²) in [7, 11) is 0. The number of H-pyrrole nitrogens is 1. The fourth-order valence-electron chi connectivity index (χ4n) is 3.08. The monoisotopic (exact) mass is 462 g/mol. The molecule has 1 radical (unpaired) electrons. The molecule has 147 valence electrons. The van der Waals surface area contributed by atoms with Gasteiger partial charge in [-0.05, 0) is 82.0 Å². The largest absolute Gasteiger partial charge is 0.456 e. The first-order chi connectivity index (χ1) is 13.8. The Hall–Kier alpha value is -2.80. The maximum atomic E-state index is 13.3. The number of hydrogen-bond donors (Lipinski definition) is 1. The summed E-state index contributed by atoms with van der Waals surface area (Å²) in [6, 6.07) is 15.9. The minimum absolute atomic E-state index is 0.160. The van der Waals surface area contributed by atoms with Crippen molar-refractivity contribution in [2.45, 2.75) is 12.6 Å². The van der Waals surface area contributed by atoms with Crippen LogP contribution in [-0.2, 0) is 12.6 Å². The Morgan fingerprint density at radius 2 is 1.79 bits per heavy atom. The standard InChI is InChI=1S/C22H13BrF4NO/c23-19-3-1-2-18(22(25,26)27)21(19)29-16-8-9-20-17(11-16)14(12-28-20)10-13-4-6-15(24)7-5-13/h2-9,11-12,28H,10H2. The molecule has 0 saturated heterocycles. The topological polar surface area (TPSA) is 25.0 Å². The number of aromatic nitrogens is 1. The highest BCUT2D eigenvalue weighted by molar-refractivity contribution is 9.10. The van der Waals surface area contributed by atoms with E-state index in [1.807, 2.05) is 6.20 Å². The third-order valence-electron chi connectivity index (χ3n) is 4.47. The van der Waals surface area contributed by atoms with Gasteiger partial charge < -0.3 is 9.72 Å². The average molecular weight is 463 g/mol. The van der Waals surface area contributed by atoms with Crippen LogP contribution in [0, 0.1) is 11.9 Å². The van der Waals surface area contributed by atoms with Gasteiger partial charge in [0.25, 0.3) is 0 Å². The first-order valence-corrected chi connectivity index (χ1v) is 9.39. The zero-order valence-electron chi connectivity index (χ0n) is 14.8. The molecule has 3 aromatic carbocycles. The lowest BCUT2D eigenvalue weighted by Gasteiger charge is -2.15. The zero-order chi connectivity index (χ0) is 20.6. The molecule has 0 unspecified atom stereocenters. The maximum absolute atomic E-state index is 13.3. The fraction of sp³-hybridized carbons (Fsp3) is 0.0909. The quantitative estimate of drug-likeness (QED) is 0.317. The van der Waals surface area contributed by atoms with Gasteiger partial charge in [0.2, 0.25) is 0 Å². The van der Waals surface area contributed by atoms with Gasteiger partial charge in [0.05, 0.1) is 10.0 Å². The van der Waals surface area contributed by atoms with Crippen molar-refractivity contribution in [3.8, 4) is 11.5 Å². The Kier molecular flexibility index (Phi) is 5.08. The summed E-state index contributed by atoms with van der Waals surface area (Å²) in [5.41, 5.74) is 1.76. The second-order valence-corrected chi connectivity index (χ2v) is 7.32. The average Bonchev–Trinajstić information content (AvgIpc) is 3.06. The van der Waals surface area contributed by atoms with Crippen LogP contribution in [-0.4, -0.2) is 4.98 Å². The number of halogens is 5. The molecule has 0 spiro atoms. The van der Waals surface area contributed by atoms with Crippen LogP contribution < -0.4 is 4.74 Å². The number of aromatic amines is 1. The third-order valence-corrected chi connectivity index (χ3v) is 5.06.